The third-order valence-electron chi connectivity index (χ3n) is 2.95. The van der Waals surface area contributed by atoms with Gasteiger partial charge in [0.25, 0.3) is 0 Å². The van der Waals surface area contributed by atoms with E-state index in [1.807, 2.05) is 26.0 Å². The van der Waals surface area contributed by atoms with Gasteiger partial charge in [0.2, 0.25) is 0 Å². The molecule has 1 aromatic rings. The first kappa shape index (κ1) is 14.7. The Balaban J connectivity index is 2.77. The van der Waals surface area contributed by atoms with Gasteiger partial charge < -0.3 is 10.1 Å². The van der Waals surface area contributed by atoms with Crippen LogP contribution in [0.1, 0.15) is 41.8 Å². The Hall–Kier alpha value is -1.35. The maximum atomic E-state index is 12.1. The van der Waals surface area contributed by atoms with E-state index in [2.05, 4.69) is 19.2 Å². The van der Waals surface area contributed by atoms with Crippen molar-refractivity contribution in [3.63, 3.8) is 0 Å². The van der Waals surface area contributed by atoms with Gasteiger partial charge in [-0.25, -0.2) is 0 Å². The van der Waals surface area contributed by atoms with E-state index in [0.29, 0.717) is 12.5 Å². The summed E-state index contributed by atoms with van der Waals surface area (Å²) < 4.78 is 5.25. The SMILES string of the molecule is COc1cc(C)c(C(=O)CCNC(C)C)cc1C. The highest BCUT2D eigenvalue weighted by atomic mass is 16.5. The first-order valence-electron chi connectivity index (χ1n) is 6.37. The lowest BCUT2D eigenvalue weighted by molar-refractivity contribution is 0.0981. The molecule has 0 aromatic heterocycles. The van der Waals surface area contributed by atoms with E-state index < -0.39 is 0 Å². The molecule has 0 heterocycles. The number of ketones is 1. The van der Waals surface area contributed by atoms with Crippen molar-refractivity contribution in [1.29, 1.82) is 0 Å². The molecule has 100 valence electrons. The lowest BCUT2D eigenvalue weighted by Crippen LogP contribution is -2.25. The highest BCUT2D eigenvalue weighted by molar-refractivity contribution is 5.98. The number of Topliss-reactive ketones (excluding diaryl/α,β-unsaturated/α-hetero) is 1. The Bertz CT molecular complexity index is 425. The van der Waals surface area contributed by atoms with Crippen LogP contribution in [0.3, 0.4) is 0 Å². The minimum absolute atomic E-state index is 0.186. The number of hydrogen-bond acceptors (Lipinski definition) is 3. The molecule has 0 fully saturated rings. The summed E-state index contributed by atoms with van der Waals surface area (Å²) in [5.74, 6) is 1.02. The normalized spacial score (nSPS) is 10.8. The topological polar surface area (TPSA) is 38.3 Å². The van der Waals surface area contributed by atoms with E-state index in [4.69, 9.17) is 4.74 Å². The van der Waals surface area contributed by atoms with Crippen LogP contribution >= 0.6 is 0 Å². The molecule has 0 bridgehead atoms. The second kappa shape index (κ2) is 6.55. The van der Waals surface area contributed by atoms with Crippen LogP contribution in [0.25, 0.3) is 0 Å². The third-order valence-corrected chi connectivity index (χ3v) is 2.95. The predicted octanol–water partition coefficient (Wildman–Crippen LogP) is 2.88. The molecule has 0 radical (unpaired) electrons. The molecule has 0 amide bonds. The van der Waals surface area contributed by atoms with Gasteiger partial charge in [0.05, 0.1) is 7.11 Å². The molecule has 0 aliphatic carbocycles. The number of nitrogens with one attached hydrogen (secondary N) is 1. The summed E-state index contributed by atoms with van der Waals surface area (Å²) in [6.07, 6.45) is 0.533. The predicted molar refractivity (Wildman–Crippen MR) is 74.6 cm³/mol. The average Bonchev–Trinajstić information content (AvgIpc) is 2.30. The Morgan fingerprint density at radius 2 is 1.94 bits per heavy atom. The zero-order valence-electron chi connectivity index (χ0n) is 12.0. The van der Waals surface area contributed by atoms with Crippen molar-refractivity contribution in [3.05, 3.63) is 28.8 Å². The van der Waals surface area contributed by atoms with Crippen LogP contribution in [0.2, 0.25) is 0 Å². The number of carbonyl (C=O) groups is 1. The van der Waals surface area contributed by atoms with Crippen LogP contribution in [0.4, 0.5) is 0 Å². The van der Waals surface area contributed by atoms with E-state index in [-0.39, 0.29) is 5.78 Å². The number of hydrogen-bond donors (Lipinski definition) is 1. The van der Waals surface area contributed by atoms with Crippen LogP contribution in [0.5, 0.6) is 5.75 Å². The maximum absolute atomic E-state index is 12.1. The Morgan fingerprint density at radius 3 is 2.50 bits per heavy atom. The standard InChI is InChI=1S/C15H23NO2/c1-10(2)16-7-6-14(17)13-8-12(4)15(18-5)9-11(13)3/h8-10,16H,6-7H2,1-5H3. The quantitative estimate of drug-likeness (QED) is 0.788. The summed E-state index contributed by atoms with van der Waals surface area (Å²) in [4.78, 5) is 12.1. The number of carbonyl (C=O) groups excluding carboxylic acids is 1. The Labute approximate surface area is 110 Å². The monoisotopic (exact) mass is 249 g/mol. The van der Waals surface area contributed by atoms with Crippen molar-refractivity contribution in [2.75, 3.05) is 13.7 Å². The van der Waals surface area contributed by atoms with Gasteiger partial charge in [-0.3, -0.25) is 4.79 Å². The lowest BCUT2D eigenvalue weighted by atomic mass is 9.99. The highest BCUT2D eigenvalue weighted by Crippen LogP contribution is 2.23. The molecule has 0 aliphatic rings. The molecular formula is C15H23NO2. The minimum atomic E-state index is 0.186. The van der Waals surface area contributed by atoms with Crippen LogP contribution < -0.4 is 10.1 Å². The van der Waals surface area contributed by atoms with Gasteiger partial charge in [0.15, 0.2) is 5.78 Å². The van der Waals surface area contributed by atoms with Crippen molar-refractivity contribution in [2.45, 2.75) is 40.2 Å². The fourth-order valence-electron chi connectivity index (χ4n) is 1.92. The fourth-order valence-corrected chi connectivity index (χ4v) is 1.92. The largest absolute Gasteiger partial charge is 0.496 e. The number of benzene rings is 1. The van der Waals surface area contributed by atoms with Crippen molar-refractivity contribution in [3.8, 4) is 5.75 Å². The molecule has 0 aliphatic heterocycles. The maximum Gasteiger partial charge on any atom is 0.164 e. The molecule has 0 atom stereocenters. The summed E-state index contributed by atoms with van der Waals surface area (Å²) in [6, 6.07) is 4.26. The van der Waals surface area contributed by atoms with E-state index in [9.17, 15) is 4.79 Å². The molecule has 0 spiro atoms. The Morgan fingerprint density at radius 1 is 1.28 bits per heavy atom. The summed E-state index contributed by atoms with van der Waals surface area (Å²) in [5.41, 5.74) is 2.79. The summed E-state index contributed by atoms with van der Waals surface area (Å²) in [5, 5.41) is 3.26. The molecule has 3 nitrogen and oxygen atoms in total. The molecule has 0 saturated heterocycles. The first-order valence-corrected chi connectivity index (χ1v) is 6.37. The average molecular weight is 249 g/mol. The molecule has 0 saturated carbocycles. The van der Waals surface area contributed by atoms with Crippen LogP contribution in [0, 0.1) is 13.8 Å². The van der Waals surface area contributed by atoms with Gasteiger partial charge in [-0.05, 0) is 37.1 Å². The second-order valence-corrected chi connectivity index (χ2v) is 4.92. The van der Waals surface area contributed by atoms with Crippen LogP contribution in [-0.4, -0.2) is 25.5 Å². The molecule has 18 heavy (non-hydrogen) atoms. The summed E-state index contributed by atoms with van der Waals surface area (Å²) in [7, 11) is 1.65. The van der Waals surface area contributed by atoms with E-state index in [1.54, 1.807) is 7.11 Å². The number of methoxy groups -OCH3 is 1. The van der Waals surface area contributed by atoms with Gasteiger partial charge in [-0.15, -0.1) is 0 Å². The lowest BCUT2D eigenvalue weighted by Gasteiger charge is -2.11. The zero-order valence-corrected chi connectivity index (χ0v) is 12.0. The van der Waals surface area contributed by atoms with Gasteiger partial charge >= 0.3 is 0 Å². The molecule has 1 aromatic carbocycles. The summed E-state index contributed by atoms with van der Waals surface area (Å²) in [6.45, 7) is 8.79. The minimum Gasteiger partial charge on any atom is -0.496 e. The van der Waals surface area contributed by atoms with Gasteiger partial charge in [0.1, 0.15) is 5.75 Å². The fraction of sp³-hybridized carbons (Fsp3) is 0.533. The van der Waals surface area contributed by atoms with Gasteiger partial charge in [-0.1, -0.05) is 13.8 Å². The van der Waals surface area contributed by atoms with Gasteiger partial charge in [0, 0.05) is 24.6 Å². The zero-order chi connectivity index (χ0) is 13.7. The van der Waals surface area contributed by atoms with Crippen molar-refractivity contribution in [2.24, 2.45) is 0 Å². The van der Waals surface area contributed by atoms with Crippen molar-refractivity contribution < 1.29 is 9.53 Å². The number of rotatable bonds is 6. The highest BCUT2D eigenvalue weighted by Gasteiger charge is 2.12. The smallest absolute Gasteiger partial charge is 0.164 e. The van der Waals surface area contributed by atoms with E-state index in [0.717, 1.165) is 29.0 Å². The molecular weight excluding hydrogens is 226 g/mol. The molecule has 1 N–H and O–H groups in total. The van der Waals surface area contributed by atoms with Crippen LogP contribution in [-0.2, 0) is 0 Å². The second-order valence-electron chi connectivity index (χ2n) is 4.92. The number of aryl methyl sites for hydroxylation is 2. The van der Waals surface area contributed by atoms with Gasteiger partial charge in [-0.2, -0.15) is 0 Å². The van der Waals surface area contributed by atoms with E-state index in [1.165, 1.54) is 0 Å². The Kier molecular flexibility index (Phi) is 5.35. The molecule has 3 heteroatoms. The van der Waals surface area contributed by atoms with Crippen molar-refractivity contribution >= 4 is 5.78 Å². The molecule has 0 unspecified atom stereocenters. The number of ether oxygens (including phenoxy) is 1. The van der Waals surface area contributed by atoms with Crippen LogP contribution in [0.15, 0.2) is 12.1 Å². The summed E-state index contributed by atoms with van der Waals surface area (Å²) >= 11 is 0. The van der Waals surface area contributed by atoms with Crippen molar-refractivity contribution in [1.82, 2.24) is 5.32 Å². The van der Waals surface area contributed by atoms with E-state index >= 15 is 0 Å². The first-order chi connectivity index (χ1) is 8.45. The molecule has 1 rings (SSSR count). The third kappa shape index (κ3) is 3.84.